The number of aryl methyl sites for hydroxylation is 2. The lowest BCUT2D eigenvalue weighted by Crippen LogP contribution is -2.47. The number of carbonyl (C=O) groups excluding carboxylic acids is 1. The highest BCUT2D eigenvalue weighted by atomic mass is 35.5. The molecule has 3 heterocycles. The van der Waals surface area contributed by atoms with Crippen LogP contribution in [0.3, 0.4) is 0 Å². The average Bonchev–Trinajstić information content (AvgIpc) is 3.39. The molecule has 0 radical (unpaired) electrons. The number of para-hydroxylation sites is 1. The minimum Gasteiger partial charge on any atom is -0.396 e. The number of aliphatic hydroxyl groups excluding tert-OH is 2. The van der Waals surface area contributed by atoms with Crippen LogP contribution >= 0.6 is 22.9 Å². The van der Waals surface area contributed by atoms with E-state index in [2.05, 4.69) is 42.3 Å². The molecule has 2 aromatic heterocycles. The fourth-order valence-corrected chi connectivity index (χ4v) is 4.98. The van der Waals surface area contributed by atoms with Crippen molar-refractivity contribution in [2.75, 3.05) is 61.5 Å². The van der Waals surface area contributed by atoms with Crippen LogP contribution in [0, 0.1) is 13.8 Å². The van der Waals surface area contributed by atoms with Gasteiger partial charge in [-0.15, -0.1) is 0 Å². The van der Waals surface area contributed by atoms with Crippen molar-refractivity contribution in [1.82, 2.24) is 19.9 Å². The molecule has 3 aromatic rings. The maximum atomic E-state index is 12.7. The monoisotopic (exact) mass is 575 g/mol. The van der Waals surface area contributed by atoms with E-state index >= 15 is 0 Å². The number of aromatic nitrogens is 3. The van der Waals surface area contributed by atoms with Crippen molar-refractivity contribution >= 4 is 51.3 Å². The molecule has 12 heteroatoms. The second-order valence-corrected chi connectivity index (χ2v) is 10.6. The number of thiazole rings is 1. The second-order valence-electron chi connectivity index (χ2n) is 9.18. The zero-order chi connectivity index (χ0) is 28.2. The van der Waals surface area contributed by atoms with Gasteiger partial charge in [-0.3, -0.25) is 9.69 Å². The van der Waals surface area contributed by atoms with E-state index in [1.54, 1.807) is 6.07 Å². The number of anilines is 4. The third kappa shape index (κ3) is 9.40. The largest absolute Gasteiger partial charge is 0.396 e. The van der Waals surface area contributed by atoms with E-state index in [9.17, 15) is 4.79 Å². The number of nitrogens with one attached hydrogen (secondary N) is 2. The molecule has 1 fully saturated rings. The Morgan fingerprint density at radius 2 is 1.87 bits per heavy atom. The van der Waals surface area contributed by atoms with Crippen LogP contribution in [0.4, 0.5) is 22.5 Å². The van der Waals surface area contributed by atoms with Gasteiger partial charge in [0.05, 0.1) is 23.5 Å². The molecule has 10 nitrogen and oxygen atoms in total. The van der Waals surface area contributed by atoms with Gasteiger partial charge in [-0.05, 0) is 31.9 Å². The number of halogens is 1. The van der Waals surface area contributed by atoms with Gasteiger partial charge in [-0.2, -0.15) is 0 Å². The topological polar surface area (TPSA) is 127 Å². The summed E-state index contributed by atoms with van der Waals surface area (Å²) >= 11 is 7.46. The summed E-state index contributed by atoms with van der Waals surface area (Å²) in [5.74, 6) is 1.85. The van der Waals surface area contributed by atoms with Gasteiger partial charge in [0, 0.05) is 45.4 Å². The van der Waals surface area contributed by atoms with Gasteiger partial charge in [0.25, 0.3) is 5.91 Å². The van der Waals surface area contributed by atoms with Crippen LogP contribution in [-0.4, -0.2) is 81.9 Å². The van der Waals surface area contributed by atoms with E-state index in [-0.39, 0.29) is 12.5 Å². The third-order valence-electron chi connectivity index (χ3n) is 6.12. The number of β-amino-alcohol motifs (C(OH)–C–C–N with tert-alkyl or cyclic N) is 1. The Labute approximate surface area is 239 Å². The summed E-state index contributed by atoms with van der Waals surface area (Å²) in [6, 6.07) is 7.37. The van der Waals surface area contributed by atoms with Crippen LogP contribution in [0.1, 0.15) is 47.2 Å². The maximum absolute atomic E-state index is 12.7. The molecule has 1 amide bonds. The molecule has 4 rings (SSSR count). The van der Waals surface area contributed by atoms with Gasteiger partial charge < -0.3 is 25.7 Å². The van der Waals surface area contributed by atoms with Crippen molar-refractivity contribution in [3.05, 3.63) is 51.7 Å². The van der Waals surface area contributed by atoms with Crippen LogP contribution in [0.25, 0.3) is 0 Å². The first-order chi connectivity index (χ1) is 18.8. The molecule has 39 heavy (non-hydrogen) atoms. The first kappa shape index (κ1) is 30.7. The van der Waals surface area contributed by atoms with Crippen molar-refractivity contribution in [2.24, 2.45) is 0 Å². The number of nitrogens with zero attached hydrogens (tertiary/aromatic N) is 5. The number of carbonyl (C=O) groups is 1. The molecule has 0 aliphatic carbocycles. The summed E-state index contributed by atoms with van der Waals surface area (Å²) in [5.41, 5.74) is 1.49. The summed E-state index contributed by atoms with van der Waals surface area (Å²) in [4.78, 5) is 31.0. The highest BCUT2D eigenvalue weighted by molar-refractivity contribution is 7.17. The Morgan fingerprint density at radius 1 is 1.10 bits per heavy atom. The number of unbranched alkanes of at least 4 members (excludes halogenated alkanes) is 2. The van der Waals surface area contributed by atoms with E-state index in [0.717, 1.165) is 50.4 Å². The maximum Gasteiger partial charge on any atom is 0.267 e. The molecule has 4 N–H and O–H groups in total. The zero-order valence-corrected chi connectivity index (χ0v) is 24.4. The van der Waals surface area contributed by atoms with Crippen LogP contribution in [0.2, 0.25) is 5.02 Å². The van der Waals surface area contributed by atoms with Crippen molar-refractivity contribution in [1.29, 1.82) is 0 Å². The average molecular weight is 576 g/mol. The number of piperazine rings is 1. The van der Waals surface area contributed by atoms with Gasteiger partial charge in [0.2, 0.25) is 0 Å². The lowest BCUT2D eigenvalue weighted by Gasteiger charge is -2.35. The first-order valence-corrected chi connectivity index (χ1v) is 14.4. The summed E-state index contributed by atoms with van der Waals surface area (Å²) in [7, 11) is 0. The Kier molecular flexibility index (Phi) is 12.3. The molecule has 212 valence electrons. The molecule has 0 saturated carbocycles. The van der Waals surface area contributed by atoms with Crippen LogP contribution in [0.15, 0.2) is 30.5 Å². The predicted octanol–water partition coefficient (Wildman–Crippen LogP) is 4.48. The molecular formula is C27H38ClN7O3S. The molecule has 0 unspecified atom stereocenters. The van der Waals surface area contributed by atoms with E-state index in [0.29, 0.717) is 45.5 Å². The first-order valence-electron chi connectivity index (χ1n) is 13.2. The molecular weight excluding hydrogens is 538 g/mol. The standard InChI is InChI=1S/C22H26ClN7O2S.C5H12O/c1-14-4-3-5-16(23)20(14)28-21(32)17-13-24-22(33-17)27-18-12-19(26-15(2)25-18)30-8-6-29(7-9-30)10-11-31;1-2-3-4-5-6/h3-5,12-13,31H,6-11H2,1-2H3,(H,28,32)(H,24,25,26,27);6H,2-5H2,1H3. The molecule has 1 aromatic carbocycles. The van der Waals surface area contributed by atoms with E-state index in [1.165, 1.54) is 24.0 Å². The predicted molar refractivity (Wildman–Crippen MR) is 159 cm³/mol. The lowest BCUT2D eigenvalue weighted by atomic mass is 10.2. The van der Waals surface area contributed by atoms with Crippen molar-refractivity contribution in [2.45, 2.75) is 40.0 Å². The highest BCUT2D eigenvalue weighted by Crippen LogP contribution is 2.28. The van der Waals surface area contributed by atoms with Crippen LogP contribution in [-0.2, 0) is 0 Å². The molecule has 0 spiro atoms. The fourth-order valence-electron chi connectivity index (χ4n) is 3.99. The van der Waals surface area contributed by atoms with E-state index in [1.807, 2.05) is 32.0 Å². The Bertz CT molecular complexity index is 1180. The van der Waals surface area contributed by atoms with Gasteiger partial charge in [-0.25, -0.2) is 15.0 Å². The Balaban J connectivity index is 0.000000631. The quantitative estimate of drug-likeness (QED) is 0.259. The number of benzene rings is 1. The summed E-state index contributed by atoms with van der Waals surface area (Å²) in [6.45, 7) is 10.5. The molecule has 1 aliphatic heterocycles. The second kappa shape index (κ2) is 15.7. The van der Waals surface area contributed by atoms with Crippen molar-refractivity contribution < 1.29 is 15.0 Å². The van der Waals surface area contributed by atoms with Gasteiger partial charge in [0.1, 0.15) is 22.3 Å². The van der Waals surface area contributed by atoms with Crippen molar-refractivity contribution in [3.8, 4) is 0 Å². The normalized spacial score (nSPS) is 13.5. The zero-order valence-electron chi connectivity index (χ0n) is 22.8. The van der Waals surface area contributed by atoms with Crippen molar-refractivity contribution in [3.63, 3.8) is 0 Å². The number of amides is 1. The number of hydrogen-bond donors (Lipinski definition) is 4. The highest BCUT2D eigenvalue weighted by Gasteiger charge is 2.19. The molecule has 1 aliphatic rings. The minimum absolute atomic E-state index is 0.173. The van der Waals surface area contributed by atoms with Crippen LogP contribution < -0.4 is 15.5 Å². The summed E-state index contributed by atoms with van der Waals surface area (Å²) in [5, 5.41) is 24.4. The SMILES string of the molecule is CCCCCO.Cc1nc(Nc2ncc(C(=O)Nc3c(C)cccc3Cl)s2)cc(N2CCN(CCO)CC2)n1. The van der Waals surface area contributed by atoms with Gasteiger partial charge in [0.15, 0.2) is 5.13 Å². The Hall–Kier alpha value is -2.83. The number of aliphatic hydroxyl groups is 2. The van der Waals surface area contributed by atoms with E-state index in [4.69, 9.17) is 21.8 Å². The fraction of sp³-hybridized carbons (Fsp3) is 0.481. The summed E-state index contributed by atoms with van der Waals surface area (Å²) in [6.07, 6.45) is 4.86. The molecule has 0 atom stereocenters. The van der Waals surface area contributed by atoms with E-state index < -0.39 is 0 Å². The summed E-state index contributed by atoms with van der Waals surface area (Å²) < 4.78 is 0. The van der Waals surface area contributed by atoms with Gasteiger partial charge >= 0.3 is 0 Å². The Morgan fingerprint density at radius 3 is 2.51 bits per heavy atom. The molecule has 0 bridgehead atoms. The molecule has 1 saturated heterocycles. The minimum atomic E-state index is -0.267. The lowest BCUT2D eigenvalue weighted by molar-refractivity contribution is 0.103. The smallest absolute Gasteiger partial charge is 0.267 e. The number of hydrogen-bond acceptors (Lipinski definition) is 10. The number of rotatable bonds is 10. The third-order valence-corrected chi connectivity index (χ3v) is 7.35. The van der Waals surface area contributed by atoms with Crippen LogP contribution in [0.5, 0.6) is 0 Å². The van der Waals surface area contributed by atoms with Gasteiger partial charge in [-0.1, -0.05) is 54.8 Å².